The first-order valence-electron chi connectivity index (χ1n) is 35.6. The lowest BCUT2D eigenvalue weighted by atomic mass is 9.92. The lowest BCUT2D eigenvalue weighted by Gasteiger charge is -2.19. The van der Waals surface area contributed by atoms with Crippen molar-refractivity contribution >= 4 is 113 Å². The molecular weight excluding hydrogens is 1280 g/mol. The highest BCUT2D eigenvalue weighted by atomic mass is 16.4. The fraction of sp³-hybridized carbons (Fsp3) is 0.390. The highest BCUT2D eigenvalue weighted by molar-refractivity contribution is 5.83. The number of rotatable bonds is 11. The molecule has 11 N–H and O–H groups in total. The van der Waals surface area contributed by atoms with E-state index in [0.717, 1.165) is 125 Å². The third kappa shape index (κ3) is 23.4. The molecule has 0 aliphatic heterocycles. The van der Waals surface area contributed by atoms with Crippen LogP contribution in [-0.2, 0) is 13.5 Å². The molecule has 8 heterocycles. The van der Waals surface area contributed by atoms with E-state index in [1.54, 1.807) is 6.07 Å². The summed E-state index contributed by atoms with van der Waals surface area (Å²) in [5.41, 5.74) is 20.9. The van der Waals surface area contributed by atoms with Crippen molar-refractivity contribution in [2.75, 3.05) is 31.9 Å². The minimum Gasteiger partial charge on any atom is -0.424 e. The summed E-state index contributed by atoms with van der Waals surface area (Å²) < 4.78 is 7.54. The number of fused-ring (bicyclic) bond motifs is 7. The molecule has 0 amide bonds. The standard InChI is InChI=1S/2C13H19N3.C13H18N2.C12H14N2O.C11H15N3.C10H14N4.C10H12N2O/c1-8-6-10-11(7-9(8)2)15-12(14-10)16-13(3,4)5;1-8-6-7-10-11(9(8)2)15-12(14-10)16-13(3,4)5;1-9-5-6-10-11(7-9)15-12(14-10)8-13(2,3)4;1-8(2)13-12-7-11(15)9-5-3-4-6-10(9)14-12;1-8(2)12-11-13-9-6-4-5-7-10(9)14(11)3;1-6(2)12-10-13-8-4-7(3)5-11-9(8)14-10;1-7(2)11-10-12-8-5-3-4-6-9(8)13-10/h2*6-7H,1-5H3,(H2,14,15,16);5-7H,8H2,1-4H3,(H,14,15);3-8H,1-2H3,(H2,13,14,15);4-8H,1-3H3,(H,12,13);4-6H,1-3H3,(H2,11,12,13,14);3-7H,1-2H3,(H,11,12). The number of H-pyrrole nitrogens is 5. The average molecular weight is 1390 g/mol. The van der Waals surface area contributed by atoms with Crippen molar-refractivity contribution in [3.05, 3.63) is 183 Å². The van der Waals surface area contributed by atoms with Crippen LogP contribution >= 0.6 is 0 Å². The van der Waals surface area contributed by atoms with Crippen molar-refractivity contribution in [2.24, 2.45) is 12.5 Å². The second kappa shape index (κ2) is 33.9. The lowest BCUT2D eigenvalue weighted by Crippen LogP contribution is -2.26. The number of nitrogens with zero attached hydrogens (tertiary/aromatic N) is 8. The second-order valence-corrected chi connectivity index (χ2v) is 30.9. The van der Waals surface area contributed by atoms with Gasteiger partial charge in [-0.2, -0.15) is 9.97 Å². The third-order valence-electron chi connectivity index (χ3n) is 15.6. The van der Waals surface area contributed by atoms with E-state index in [0.29, 0.717) is 30.2 Å². The van der Waals surface area contributed by atoms with Crippen molar-refractivity contribution in [1.82, 2.24) is 64.4 Å². The molecule has 103 heavy (non-hydrogen) atoms. The predicted octanol–water partition coefficient (Wildman–Crippen LogP) is 19.7. The molecule has 8 aromatic heterocycles. The number of aromatic amines is 5. The van der Waals surface area contributed by atoms with Gasteiger partial charge in [-0.15, -0.1) is 0 Å². The molecule has 21 nitrogen and oxygen atoms in total. The maximum Gasteiger partial charge on any atom is 0.295 e. The summed E-state index contributed by atoms with van der Waals surface area (Å²) in [6.45, 7) is 48.5. The number of hydrogen-bond donors (Lipinski definition) is 11. The Morgan fingerprint density at radius 2 is 1.06 bits per heavy atom. The summed E-state index contributed by atoms with van der Waals surface area (Å²) in [7, 11) is 2.03. The van der Waals surface area contributed by atoms with Gasteiger partial charge in [0.1, 0.15) is 17.2 Å². The monoisotopic (exact) mass is 1390 g/mol. The number of imidazole rings is 5. The van der Waals surface area contributed by atoms with Crippen LogP contribution in [0.1, 0.15) is 157 Å². The van der Waals surface area contributed by atoms with Crippen molar-refractivity contribution in [3.8, 4) is 0 Å². The summed E-state index contributed by atoms with van der Waals surface area (Å²) in [5, 5.41) is 20.2. The Morgan fingerprint density at radius 1 is 0.466 bits per heavy atom. The average Bonchev–Trinajstić information content (AvgIpc) is 1.45. The van der Waals surface area contributed by atoms with Gasteiger partial charge >= 0.3 is 0 Å². The molecule has 0 aliphatic carbocycles. The summed E-state index contributed by atoms with van der Waals surface area (Å²) in [6.07, 6.45) is 2.81. The number of hydrogen-bond acceptors (Lipinski definition) is 15. The Hall–Kier alpha value is -10.7. The van der Waals surface area contributed by atoms with E-state index in [9.17, 15) is 4.79 Å². The number of aromatic nitrogens is 13. The van der Waals surface area contributed by atoms with Gasteiger partial charge in [-0.05, 0) is 250 Å². The Balaban J connectivity index is 0.000000152. The van der Waals surface area contributed by atoms with Crippen LogP contribution in [0.3, 0.4) is 0 Å². The summed E-state index contributed by atoms with van der Waals surface area (Å²) in [6, 6.07) is 43.8. The van der Waals surface area contributed by atoms with E-state index in [1.165, 1.54) is 27.8 Å². The molecule has 0 spiro atoms. The largest absolute Gasteiger partial charge is 0.424 e. The minimum atomic E-state index is 0.0246. The number of para-hydroxylation sites is 5. The fourth-order valence-electron chi connectivity index (χ4n) is 10.8. The number of oxazole rings is 1. The molecule has 14 rings (SSSR count). The van der Waals surface area contributed by atoms with Gasteiger partial charge in [0.15, 0.2) is 16.7 Å². The third-order valence-corrected chi connectivity index (χ3v) is 15.6. The van der Waals surface area contributed by atoms with Gasteiger partial charge in [0.2, 0.25) is 23.8 Å². The zero-order chi connectivity index (χ0) is 75.3. The van der Waals surface area contributed by atoms with Gasteiger partial charge in [0.05, 0.1) is 55.2 Å². The van der Waals surface area contributed by atoms with Gasteiger partial charge in [-0.25, -0.2) is 24.9 Å². The van der Waals surface area contributed by atoms with Gasteiger partial charge < -0.3 is 65.8 Å². The van der Waals surface area contributed by atoms with E-state index < -0.39 is 0 Å². The fourth-order valence-corrected chi connectivity index (χ4v) is 10.8. The minimum absolute atomic E-state index is 0.0246. The van der Waals surface area contributed by atoms with Crippen molar-refractivity contribution in [3.63, 3.8) is 0 Å². The molecule has 0 saturated carbocycles. The van der Waals surface area contributed by atoms with Crippen molar-refractivity contribution < 1.29 is 4.42 Å². The maximum absolute atomic E-state index is 11.7. The van der Waals surface area contributed by atoms with Gasteiger partial charge in [-0.1, -0.05) is 69.3 Å². The molecule has 0 bridgehead atoms. The van der Waals surface area contributed by atoms with E-state index in [2.05, 4.69) is 283 Å². The highest BCUT2D eigenvalue weighted by Gasteiger charge is 2.17. The first kappa shape index (κ1) is 78.0. The Labute approximate surface area is 607 Å². The Kier molecular flexibility index (Phi) is 25.6. The molecule has 6 aromatic carbocycles. The first-order chi connectivity index (χ1) is 48.4. The molecular formula is C82H111N19O2. The molecule has 0 saturated heterocycles. The van der Waals surface area contributed by atoms with Crippen LogP contribution in [0.25, 0.3) is 77.3 Å². The van der Waals surface area contributed by atoms with Crippen LogP contribution in [0, 0.1) is 47.0 Å². The summed E-state index contributed by atoms with van der Waals surface area (Å²) >= 11 is 0. The lowest BCUT2D eigenvalue weighted by molar-refractivity contribution is 0.402. The first-order valence-corrected chi connectivity index (χ1v) is 35.6. The summed E-state index contributed by atoms with van der Waals surface area (Å²) in [4.78, 5) is 59.1. The number of benzene rings is 6. The van der Waals surface area contributed by atoms with Gasteiger partial charge in [-0.3, -0.25) is 4.79 Å². The number of nitrogens with one attached hydrogen (secondary N) is 11. The molecule has 0 atom stereocenters. The van der Waals surface area contributed by atoms with E-state index in [1.807, 2.05) is 107 Å². The van der Waals surface area contributed by atoms with Crippen LogP contribution in [0.4, 0.5) is 35.6 Å². The molecule has 14 aromatic rings. The van der Waals surface area contributed by atoms with E-state index >= 15 is 0 Å². The van der Waals surface area contributed by atoms with Crippen LogP contribution < -0.4 is 37.3 Å². The van der Waals surface area contributed by atoms with Crippen LogP contribution in [0.2, 0.25) is 0 Å². The Bertz CT molecular complexity index is 5060. The van der Waals surface area contributed by atoms with Crippen molar-refractivity contribution in [1.29, 1.82) is 0 Å². The molecule has 0 aliphatic rings. The smallest absolute Gasteiger partial charge is 0.295 e. The zero-order valence-electron chi connectivity index (χ0n) is 65.1. The maximum atomic E-state index is 11.7. The quantitative estimate of drug-likeness (QED) is 0.0574. The molecule has 21 heteroatoms. The second-order valence-electron chi connectivity index (χ2n) is 30.9. The van der Waals surface area contributed by atoms with Gasteiger partial charge in [0, 0.05) is 66.4 Å². The van der Waals surface area contributed by atoms with Crippen molar-refractivity contribution in [2.45, 2.75) is 201 Å². The highest BCUT2D eigenvalue weighted by Crippen LogP contribution is 2.26. The van der Waals surface area contributed by atoms with Crippen LogP contribution in [0.5, 0.6) is 0 Å². The Morgan fingerprint density at radius 3 is 1.71 bits per heavy atom. The number of anilines is 6. The topological polar surface area (TPSA) is 276 Å². The normalized spacial score (nSPS) is 11.5. The predicted molar refractivity (Wildman–Crippen MR) is 435 cm³/mol. The molecule has 0 fully saturated rings. The SMILES string of the molecule is CC(C)Nc1cc(=O)c2ccccc2[nH]1.CC(C)Nc1nc2ccccc2n1C.CC(C)Nc1nc2ccccc2o1.Cc1cc2nc(NC(C)(C)C)[nH]c2cc1C.Cc1ccc2[nH]c(NC(C)(C)C)nc2c1C.Cc1ccc2nc(CC(C)(C)C)[nH]c2c1.Cc1cnc2nc(NC(C)C)[nH]c2c1. The number of pyridine rings is 2. The van der Waals surface area contributed by atoms with Crippen LogP contribution in [-0.4, -0.2) is 99.6 Å². The molecule has 546 valence electrons. The zero-order valence-corrected chi connectivity index (χ0v) is 65.1. The van der Waals surface area contributed by atoms with E-state index in [4.69, 9.17) is 4.42 Å². The number of aryl methyl sites for hydroxylation is 7. The molecule has 0 unspecified atom stereocenters. The van der Waals surface area contributed by atoms with Gasteiger partial charge in [0.25, 0.3) is 6.01 Å². The summed E-state index contributed by atoms with van der Waals surface area (Å²) in [5.74, 6) is 5.26. The van der Waals surface area contributed by atoms with Crippen LogP contribution in [0.15, 0.2) is 143 Å². The molecule has 0 radical (unpaired) electrons. The van der Waals surface area contributed by atoms with E-state index in [-0.39, 0.29) is 21.9 Å².